The summed E-state index contributed by atoms with van der Waals surface area (Å²) in [5, 5.41) is 0. The highest BCUT2D eigenvalue weighted by atomic mass is 16.2. The van der Waals surface area contributed by atoms with Crippen LogP contribution in [0.15, 0.2) is 55.0 Å². The van der Waals surface area contributed by atoms with Crippen LogP contribution >= 0.6 is 0 Å². The Kier molecular flexibility index (Phi) is 3.37. The minimum absolute atomic E-state index is 0.0479. The van der Waals surface area contributed by atoms with Crippen LogP contribution in [-0.2, 0) is 4.79 Å². The molecule has 1 aromatic rings. The van der Waals surface area contributed by atoms with Crippen molar-refractivity contribution in [3.05, 3.63) is 60.6 Å². The number of nitrogens with zero attached hydrogens (tertiary/aromatic N) is 2. The molecule has 0 aromatic heterocycles. The first-order valence-electron chi connectivity index (χ1n) is 5.80. The number of carbonyl (C=O) groups excluding carboxylic acids is 1. The number of piperazine rings is 1. The van der Waals surface area contributed by atoms with E-state index in [1.54, 1.807) is 18.1 Å². The maximum absolute atomic E-state index is 12.3. The summed E-state index contributed by atoms with van der Waals surface area (Å²) in [7, 11) is 1.78. The van der Waals surface area contributed by atoms with Gasteiger partial charge >= 0.3 is 0 Å². The van der Waals surface area contributed by atoms with E-state index in [0.29, 0.717) is 6.54 Å². The topological polar surface area (TPSA) is 49.6 Å². The lowest BCUT2D eigenvalue weighted by Crippen LogP contribution is -2.47. The SMILES string of the molecule is C=CN1/C(=C\N)CN(C)C(=O)C1c1ccccc1. The average Bonchev–Trinajstić information content (AvgIpc) is 2.42. The van der Waals surface area contributed by atoms with E-state index >= 15 is 0 Å². The van der Waals surface area contributed by atoms with E-state index in [1.165, 1.54) is 6.20 Å². The molecule has 0 saturated carbocycles. The van der Waals surface area contributed by atoms with Crippen molar-refractivity contribution in [2.24, 2.45) is 5.73 Å². The van der Waals surface area contributed by atoms with Gasteiger partial charge in [0, 0.05) is 13.2 Å². The van der Waals surface area contributed by atoms with E-state index in [2.05, 4.69) is 6.58 Å². The molecule has 0 aliphatic carbocycles. The van der Waals surface area contributed by atoms with E-state index < -0.39 is 0 Å². The molecule has 1 fully saturated rings. The van der Waals surface area contributed by atoms with Crippen molar-refractivity contribution in [3.63, 3.8) is 0 Å². The largest absolute Gasteiger partial charge is 0.403 e. The van der Waals surface area contributed by atoms with Gasteiger partial charge in [-0.1, -0.05) is 36.9 Å². The fourth-order valence-corrected chi connectivity index (χ4v) is 2.20. The second-order valence-corrected chi connectivity index (χ2v) is 4.26. The molecule has 1 heterocycles. The van der Waals surface area contributed by atoms with Gasteiger partial charge in [-0.15, -0.1) is 0 Å². The number of likely N-dealkylation sites (N-methyl/N-ethyl adjacent to an activating group) is 1. The Balaban J connectivity index is 2.46. The molecule has 1 amide bonds. The van der Waals surface area contributed by atoms with Crippen LogP contribution in [0, 0.1) is 0 Å². The van der Waals surface area contributed by atoms with Crippen LogP contribution < -0.4 is 5.73 Å². The first kappa shape index (κ1) is 12.2. The van der Waals surface area contributed by atoms with E-state index in [4.69, 9.17) is 5.73 Å². The maximum Gasteiger partial charge on any atom is 0.250 e. The second kappa shape index (κ2) is 4.96. The van der Waals surface area contributed by atoms with Gasteiger partial charge in [-0.05, 0) is 11.8 Å². The predicted octanol–water partition coefficient (Wildman–Crippen LogP) is 1.45. The highest BCUT2D eigenvalue weighted by molar-refractivity contribution is 5.85. The Labute approximate surface area is 107 Å². The maximum atomic E-state index is 12.3. The van der Waals surface area contributed by atoms with E-state index in [-0.39, 0.29) is 11.9 Å². The van der Waals surface area contributed by atoms with Crippen LogP contribution in [0.3, 0.4) is 0 Å². The molecule has 1 saturated heterocycles. The summed E-state index contributed by atoms with van der Waals surface area (Å²) in [5.74, 6) is 0.0479. The molecule has 1 aliphatic rings. The zero-order valence-corrected chi connectivity index (χ0v) is 10.4. The first-order chi connectivity index (χ1) is 8.69. The Morgan fingerprint density at radius 3 is 2.61 bits per heavy atom. The van der Waals surface area contributed by atoms with Crippen molar-refractivity contribution in [1.29, 1.82) is 0 Å². The summed E-state index contributed by atoms with van der Waals surface area (Å²) in [5.41, 5.74) is 7.44. The summed E-state index contributed by atoms with van der Waals surface area (Å²) in [6, 6.07) is 9.27. The Morgan fingerprint density at radius 1 is 1.39 bits per heavy atom. The minimum atomic E-state index is -0.378. The molecule has 0 spiro atoms. The molecule has 94 valence electrons. The molecule has 2 rings (SSSR count). The van der Waals surface area contributed by atoms with Crippen molar-refractivity contribution < 1.29 is 4.79 Å². The van der Waals surface area contributed by atoms with Crippen LogP contribution in [0.4, 0.5) is 0 Å². The fraction of sp³-hybridized carbons (Fsp3) is 0.214. The third-order valence-corrected chi connectivity index (χ3v) is 3.12. The van der Waals surface area contributed by atoms with Gasteiger partial charge < -0.3 is 15.5 Å². The lowest BCUT2D eigenvalue weighted by molar-refractivity contribution is -0.136. The van der Waals surface area contributed by atoms with Crippen LogP contribution in [-0.4, -0.2) is 29.3 Å². The number of nitrogens with two attached hydrogens (primary N) is 1. The molecule has 4 heteroatoms. The van der Waals surface area contributed by atoms with Gasteiger partial charge in [0.15, 0.2) is 0 Å². The summed E-state index contributed by atoms with van der Waals surface area (Å²) in [4.78, 5) is 15.8. The van der Waals surface area contributed by atoms with Gasteiger partial charge in [0.25, 0.3) is 0 Å². The fourth-order valence-electron chi connectivity index (χ4n) is 2.20. The summed E-state index contributed by atoms with van der Waals surface area (Å²) in [6.45, 7) is 4.28. The first-order valence-corrected chi connectivity index (χ1v) is 5.80. The van der Waals surface area contributed by atoms with E-state index in [9.17, 15) is 4.79 Å². The van der Waals surface area contributed by atoms with Crippen molar-refractivity contribution in [2.45, 2.75) is 6.04 Å². The molecule has 4 nitrogen and oxygen atoms in total. The monoisotopic (exact) mass is 243 g/mol. The molecule has 2 N–H and O–H groups in total. The third-order valence-electron chi connectivity index (χ3n) is 3.12. The van der Waals surface area contributed by atoms with Crippen LogP contribution in [0.2, 0.25) is 0 Å². The standard InChI is InChI=1S/C14H17N3O/c1-3-17-12(9-15)10-16(2)14(18)13(17)11-7-5-4-6-8-11/h3-9,13H,1,10,15H2,2H3/b12-9-. The highest BCUT2D eigenvalue weighted by Gasteiger charge is 2.35. The summed E-state index contributed by atoms with van der Waals surface area (Å²) >= 11 is 0. The third kappa shape index (κ3) is 1.97. The van der Waals surface area contributed by atoms with Gasteiger partial charge in [0.2, 0.25) is 5.91 Å². The lowest BCUT2D eigenvalue weighted by atomic mass is 10.0. The molecular formula is C14H17N3O. The molecule has 18 heavy (non-hydrogen) atoms. The van der Waals surface area contributed by atoms with Crippen LogP contribution in [0.25, 0.3) is 0 Å². The van der Waals surface area contributed by atoms with Gasteiger partial charge in [-0.3, -0.25) is 4.79 Å². The van der Waals surface area contributed by atoms with Crippen molar-refractivity contribution in [3.8, 4) is 0 Å². The molecule has 1 unspecified atom stereocenters. The lowest BCUT2D eigenvalue weighted by Gasteiger charge is -2.40. The average molecular weight is 243 g/mol. The van der Waals surface area contributed by atoms with Gasteiger partial charge in [-0.25, -0.2) is 0 Å². The second-order valence-electron chi connectivity index (χ2n) is 4.26. The smallest absolute Gasteiger partial charge is 0.250 e. The molecule has 1 aromatic carbocycles. The minimum Gasteiger partial charge on any atom is -0.403 e. The summed E-state index contributed by atoms with van der Waals surface area (Å²) < 4.78 is 0. The van der Waals surface area contributed by atoms with Gasteiger partial charge in [0.1, 0.15) is 6.04 Å². The van der Waals surface area contributed by atoms with Crippen molar-refractivity contribution >= 4 is 5.91 Å². The van der Waals surface area contributed by atoms with Crippen LogP contribution in [0.5, 0.6) is 0 Å². The van der Waals surface area contributed by atoms with Crippen molar-refractivity contribution in [1.82, 2.24) is 9.80 Å². The van der Waals surface area contributed by atoms with E-state index in [0.717, 1.165) is 11.3 Å². The van der Waals surface area contributed by atoms with Gasteiger partial charge in [-0.2, -0.15) is 0 Å². The quantitative estimate of drug-likeness (QED) is 0.855. The normalized spacial score (nSPS) is 22.4. The Bertz CT molecular complexity index is 481. The molecule has 1 atom stereocenters. The highest BCUT2D eigenvalue weighted by Crippen LogP contribution is 2.30. The van der Waals surface area contributed by atoms with Crippen molar-refractivity contribution in [2.75, 3.05) is 13.6 Å². The zero-order chi connectivity index (χ0) is 13.1. The number of hydrogen-bond acceptors (Lipinski definition) is 3. The zero-order valence-electron chi connectivity index (χ0n) is 10.4. The summed E-state index contributed by atoms with van der Waals surface area (Å²) in [6.07, 6.45) is 3.18. The molecule has 0 radical (unpaired) electrons. The molecule has 0 bridgehead atoms. The number of carbonyl (C=O) groups is 1. The predicted molar refractivity (Wildman–Crippen MR) is 71.1 cm³/mol. The van der Waals surface area contributed by atoms with Crippen LogP contribution in [0.1, 0.15) is 11.6 Å². The number of hydrogen-bond donors (Lipinski definition) is 1. The van der Waals surface area contributed by atoms with E-state index in [1.807, 2.05) is 35.2 Å². The molecule has 1 aliphatic heterocycles. The molecular weight excluding hydrogens is 226 g/mol. The number of benzene rings is 1. The number of rotatable bonds is 2. The number of amides is 1. The Hall–Kier alpha value is -2.23. The van der Waals surface area contributed by atoms with Gasteiger partial charge in [0.05, 0.1) is 12.2 Å². The Morgan fingerprint density at radius 2 is 2.06 bits per heavy atom.